The van der Waals surface area contributed by atoms with Crippen LogP contribution < -0.4 is 5.32 Å². The van der Waals surface area contributed by atoms with Crippen molar-refractivity contribution in [1.29, 1.82) is 0 Å². The third-order valence-electron chi connectivity index (χ3n) is 4.16. The second kappa shape index (κ2) is 8.73. The van der Waals surface area contributed by atoms with Crippen LogP contribution in [0.25, 0.3) is 0 Å². The van der Waals surface area contributed by atoms with E-state index in [-0.39, 0.29) is 23.6 Å². The highest BCUT2D eigenvalue weighted by molar-refractivity contribution is 6.16. The van der Waals surface area contributed by atoms with Gasteiger partial charge in [-0.2, -0.15) is 0 Å². The summed E-state index contributed by atoms with van der Waals surface area (Å²) in [6.45, 7) is 0.353. The van der Waals surface area contributed by atoms with Gasteiger partial charge in [-0.3, -0.25) is 29.4 Å². The van der Waals surface area contributed by atoms with Crippen LogP contribution in [-0.4, -0.2) is 28.5 Å². The molecule has 2 aliphatic rings. The molecule has 0 aromatic heterocycles. The van der Waals surface area contributed by atoms with Crippen LogP contribution in [0.1, 0.15) is 11.1 Å². The molecule has 6 heteroatoms. The molecule has 0 bridgehead atoms. The van der Waals surface area contributed by atoms with E-state index in [1.807, 2.05) is 60.7 Å². The topological polar surface area (TPSA) is 83.5 Å². The number of rotatable bonds is 4. The van der Waals surface area contributed by atoms with Crippen molar-refractivity contribution in [1.82, 2.24) is 10.2 Å². The van der Waals surface area contributed by atoms with Gasteiger partial charge >= 0.3 is 0 Å². The van der Waals surface area contributed by atoms with Gasteiger partial charge in [0.1, 0.15) is 0 Å². The van der Waals surface area contributed by atoms with Crippen molar-refractivity contribution >= 4 is 23.6 Å². The number of carbonyl (C=O) groups is 4. The van der Waals surface area contributed by atoms with Crippen LogP contribution >= 0.6 is 0 Å². The van der Waals surface area contributed by atoms with E-state index >= 15 is 0 Å². The smallest absolute Gasteiger partial charge is 0.254 e. The predicted molar refractivity (Wildman–Crippen MR) is 103 cm³/mol. The van der Waals surface area contributed by atoms with E-state index in [2.05, 4.69) is 5.32 Å². The second-order valence-corrected chi connectivity index (χ2v) is 6.23. The highest BCUT2D eigenvalue weighted by Crippen LogP contribution is 2.11. The van der Waals surface area contributed by atoms with E-state index in [9.17, 15) is 19.2 Å². The number of carbonyl (C=O) groups excluding carboxylic acids is 4. The summed E-state index contributed by atoms with van der Waals surface area (Å²) >= 11 is 0. The Bertz CT molecular complexity index is 942. The fourth-order valence-corrected chi connectivity index (χ4v) is 2.75. The highest BCUT2D eigenvalue weighted by atomic mass is 16.2. The van der Waals surface area contributed by atoms with Crippen molar-refractivity contribution < 1.29 is 19.2 Å². The number of amides is 4. The Morgan fingerprint density at radius 2 is 1.25 bits per heavy atom. The summed E-state index contributed by atoms with van der Waals surface area (Å²) in [5, 5.41) is 2.22. The summed E-state index contributed by atoms with van der Waals surface area (Å²) in [6, 6.07) is 19.0. The average Bonchev–Trinajstić information content (AvgIpc) is 3.19. The molecule has 0 saturated carbocycles. The Labute approximate surface area is 162 Å². The summed E-state index contributed by atoms with van der Waals surface area (Å²) in [5.74, 6) is -1.07. The lowest BCUT2D eigenvalue weighted by atomic mass is 10.1. The predicted octanol–water partition coefficient (Wildman–Crippen LogP) is 1.92. The molecule has 0 atom stereocenters. The number of imide groups is 2. The van der Waals surface area contributed by atoms with E-state index in [1.165, 1.54) is 23.1 Å². The first-order valence-corrected chi connectivity index (χ1v) is 8.70. The zero-order chi connectivity index (χ0) is 19.9. The van der Waals surface area contributed by atoms with Crippen LogP contribution in [-0.2, 0) is 32.1 Å². The van der Waals surface area contributed by atoms with Crippen LogP contribution in [0.15, 0.2) is 84.5 Å². The maximum absolute atomic E-state index is 11.2. The van der Waals surface area contributed by atoms with E-state index < -0.39 is 0 Å². The van der Waals surface area contributed by atoms with Gasteiger partial charge in [-0.15, -0.1) is 0 Å². The number of nitrogens with zero attached hydrogens (tertiary/aromatic N) is 1. The number of benzene rings is 2. The molecule has 0 saturated heterocycles. The first-order chi connectivity index (χ1) is 13.5. The third-order valence-corrected chi connectivity index (χ3v) is 4.16. The molecular formula is C22H18N2O4. The Morgan fingerprint density at radius 1 is 0.714 bits per heavy atom. The first kappa shape index (κ1) is 19.0. The molecule has 2 heterocycles. The van der Waals surface area contributed by atoms with Crippen LogP contribution in [0.5, 0.6) is 0 Å². The lowest BCUT2D eigenvalue weighted by molar-refractivity contribution is -0.137. The van der Waals surface area contributed by atoms with Crippen molar-refractivity contribution in [2.75, 3.05) is 0 Å². The first-order valence-electron chi connectivity index (χ1n) is 8.70. The van der Waals surface area contributed by atoms with Gasteiger partial charge < -0.3 is 0 Å². The summed E-state index contributed by atoms with van der Waals surface area (Å²) in [7, 11) is 0. The fraction of sp³-hybridized carbons (Fsp3) is 0.0909. The molecule has 0 aliphatic carbocycles. The Balaban J connectivity index is 0.000000161. The number of hydrogen-bond acceptors (Lipinski definition) is 4. The van der Waals surface area contributed by atoms with Crippen LogP contribution in [0.2, 0.25) is 0 Å². The monoisotopic (exact) mass is 374 g/mol. The molecule has 140 valence electrons. The average molecular weight is 374 g/mol. The molecule has 28 heavy (non-hydrogen) atoms. The van der Waals surface area contributed by atoms with E-state index in [4.69, 9.17) is 0 Å². The molecule has 6 nitrogen and oxygen atoms in total. The highest BCUT2D eigenvalue weighted by Gasteiger charge is 2.23. The van der Waals surface area contributed by atoms with Crippen molar-refractivity contribution in [3.05, 3.63) is 95.6 Å². The fourth-order valence-electron chi connectivity index (χ4n) is 2.75. The van der Waals surface area contributed by atoms with Crippen LogP contribution in [0.3, 0.4) is 0 Å². The molecule has 0 fully saturated rings. The van der Waals surface area contributed by atoms with E-state index in [1.54, 1.807) is 0 Å². The van der Waals surface area contributed by atoms with Gasteiger partial charge in [-0.25, -0.2) is 0 Å². The molecule has 2 aliphatic heterocycles. The maximum atomic E-state index is 11.2. The number of hydrogen-bond donors (Lipinski definition) is 1. The van der Waals surface area contributed by atoms with E-state index in [0.717, 1.165) is 11.1 Å². The lowest BCUT2D eigenvalue weighted by Crippen LogP contribution is -2.29. The van der Waals surface area contributed by atoms with Gasteiger partial charge in [-0.1, -0.05) is 60.7 Å². The van der Waals surface area contributed by atoms with Crippen molar-refractivity contribution in [2.45, 2.75) is 13.0 Å². The minimum Gasteiger partial charge on any atom is -0.289 e. The second-order valence-electron chi connectivity index (χ2n) is 6.23. The third kappa shape index (κ3) is 4.88. The summed E-state index contributed by atoms with van der Waals surface area (Å²) < 4.78 is 0. The molecule has 4 rings (SSSR count). The van der Waals surface area contributed by atoms with Crippen molar-refractivity contribution in [3.63, 3.8) is 0 Å². The van der Waals surface area contributed by atoms with Crippen molar-refractivity contribution in [2.24, 2.45) is 0 Å². The molecule has 2 aromatic rings. The molecule has 4 amide bonds. The maximum Gasteiger partial charge on any atom is 0.254 e. The van der Waals surface area contributed by atoms with E-state index in [0.29, 0.717) is 18.5 Å². The molecular weight excluding hydrogens is 356 g/mol. The normalized spacial score (nSPS) is 15.3. The molecule has 1 N–H and O–H groups in total. The Kier molecular flexibility index (Phi) is 5.91. The number of nitrogens with one attached hydrogen (secondary N) is 1. The Morgan fingerprint density at radius 3 is 1.75 bits per heavy atom. The minimum atomic E-state index is -0.319. The standard InChI is InChI=1S/2C11H9NO2/c13-10-7-9(11(14)12-10)6-8-4-2-1-3-5-8;13-10-6-7-11(14)12(10)8-9-4-2-1-3-5-9/h1-5,7H,6H2,(H,12,13,14);1-7H,8H2. The summed E-state index contributed by atoms with van der Waals surface area (Å²) in [4.78, 5) is 45.7. The van der Waals surface area contributed by atoms with Gasteiger partial charge in [0.2, 0.25) is 0 Å². The largest absolute Gasteiger partial charge is 0.289 e. The van der Waals surface area contributed by atoms with Gasteiger partial charge in [0, 0.05) is 30.2 Å². The van der Waals surface area contributed by atoms with Crippen LogP contribution in [0.4, 0.5) is 0 Å². The molecule has 0 spiro atoms. The SMILES string of the molecule is O=C1C=C(Cc2ccccc2)C(=O)N1.O=C1C=CC(=O)N1Cc1ccccc1. The molecule has 0 radical (unpaired) electrons. The van der Waals surface area contributed by atoms with Crippen molar-refractivity contribution in [3.8, 4) is 0 Å². The van der Waals surface area contributed by atoms with Crippen LogP contribution in [0, 0.1) is 0 Å². The minimum absolute atomic E-state index is 0.237. The van der Waals surface area contributed by atoms with Gasteiger partial charge in [0.25, 0.3) is 23.6 Å². The summed E-state index contributed by atoms with van der Waals surface area (Å²) in [6.07, 6.45) is 4.46. The Hall–Kier alpha value is -3.80. The summed E-state index contributed by atoms with van der Waals surface area (Å²) in [5.41, 5.74) is 2.52. The quantitative estimate of drug-likeness (QED) is 0.829. The molecule has 0 unspecified atom stereocenters. The lowest BCUT2D eigenvalue weighted by Gasteiger charge is -2.13. The van der Waals surface area contributed by atoms with Gasteiger partial charge in [-0.05, 0) is 11.1 Å². The molecule has 2 aromatic carbocycles. The van der Waals surface area contributed by atoms with Gasteiger partial charge in [0.05, 0.1) is 6.54 Å². The zero-order valence-corrected chi connectivity index (χ0v) is 15.0. The van der Waals surface area contributed by atoms with Gasteiger partial charge in [0.15, 0.2) is 0 Å². The zero-order valence-electron chi connectivity index (χ0n) is 15.0.